The van der Waals surface area contributed by atoms with Gasteiger partial charge in [-0.15, -0.1) is 5.10 Å². The summed E-state index contributed by atoms with van der Waals surface area (Å²) < 4.78 is 12.4. The Morgan fingerprint density at radius 3 is 1.84 bits per heavy atom. The second-order valence-electron chi connectivity index (χ2n) is 6.69. The number of nitrogens with zero attached hydrogens (tertiary/aromatic N) is 3. The fourth-order valence-corrected chi connectivity index (χ4v) is 3.14. The van der Waals surface area contributed by atoms with Gasteiger partial charge in [-0.25, -0.2) is 9.67 Å². The lowest BCUT2D eigenvalue weighted by Gasteiger charge is -2.09. The van der Waals surface area contributed by atoms with Crippen LogP contribution in [0, 0.1) is 0 Å². The Bertz CT molecular complexity index is 1250. The molecule has 0 atom stereocenters. The maximum atomic E-state index is 11.6. The van der Waals surface area contributed by atoms with Crippen LogP contribution in [0.4, 0.5) is 0 Å². The molecule has 0 unspecified atom stereocenters. The second kappa shape index (κ2) is 8.62. The first-order chi connectivity index (χ1) is 15.0. The van der Waals surface area contributed by atoms with Crippen molar-refractivity contribution >= 4 is 11.9 Å². The van der Waals surface area contributed by atoms with Crippen molar-refractivity contribution in [1.82, 2.24) is 14.8 Å². The van der Waals surface area contributed by atoms with Crippen LogP contribution in [0.25, 0.3) is 28.5 Å². The Balaban J connectivity index is 1.93. The highest BCUT2D eigenvalue weighted by molar-refractivity contribution is 5.77. The van der Waals surface area contributed by atoms with Crippen LogP contribution in [0.15, 0.2) is 78.9 Å². The zero-order chi connectivity index (χ0) is 21.8. The van der Waals surface area contributed by atoms with E-state index in [2.05, 4.69) is 5.10 Å². The van der Waals surface area contributed by atoms with Crippen molar-refractivity contribution in [3.63, 3.8) is 0 Å². The number of hydrogen-bond donors (Lipinski definition) is 0. The molecule has 4 aromatic rings. The van der Waals surface area contributed by atoms with Crippen LogP contribution in [-0.4, -0.2) is 26.7 Å². The molecule has 0 bridgehead atoms. The zero-order valence-corrected chi connectivity index (χ0v) is 17.0. The summed E-state index contributed by atoms with van der Waals surface area (Å²) >= 11 is 0. The molecule has 0 N–H and O–H groups in total. The summed E-state index contributed by atoms with van der Waals surface area (Å²) in [6.07, 6.45) is 0. The Labute approximate surface area is 178 Å². The fraction of sp³-hybridized carbons (Fsp3) is 0.0833. The minimum absolute atomic E-state index is 0.361. The molecule has 0 fully saturated rings. The second-order valence-corrected chi connectivity index (χ2v) is 6.69. The number of carbonyl (C=O) groups excluding carboxylic acids is 2. The van der Waals surface area contributed by atoms with Gasteiger partial charge in [0.05, 0.1) is 16.8 Å². The standard InChI is InChI=1S/C24H19N3O4/c1-16(28)30-21-14-8-6-12-19(21)23-25-24(27(26-23)18-10-4-3-5-11-18)20-13-7-9-15-22(20)31-17(2)29/h3-15H,1-2H3. The first-order valence-electron chi connectivity index (χ1n) is 9.61. The number of aromatic nitrogens is 3. The summed E-state index contributed by atoms with van der Waals surface area (Å²) in [5, 5.41) is 4.69. The summed E-state index contributed by atoms with van der Waals surface area (Å²) in [4.78, 5) is 27.9. The van der Waals surface area contributed by atoms with E-state index in [4.69, 9.17) is 14.5 Å². The summed E-state index contributed by atoms with van der Waals surface area (Å²) in [6, 6.07) is 23.7. The maximum Gasteiger partial charge on any atom is 0.308 e. The molecule has 3 aromatic carbocycles. The Morgan fingerprint density at radius 2 is 1.23 bits per heavy atom. The normalized spacial score (nSPS) is 10.5. The summed E-state index contributed by atoms with van der Waals surface area (Å²) in [5.74, 6) is 0.720. The van der Waals surface area contributed by atoms with E-state index in [1.165, 1.54) is 13.8 Å². The molecule has 7 nitrogen and oxygen atoms in total. The molecular formula is C24H19N3O4. The molecule has 1 aromatic heterocycles. The number of rotatable bonds is 5. The number of ether oxygens (including phenoxy) is 2. The molecule has 0 saturated heterocycles. The van der Waals surface area contributed by atoms with E-state index in [1.807, 2.05) is 48.5 Å². The number of para-hydroxylation sites is 3. The average molecular weight is 413 g/mol. The number of esters is 2. The molecule has 0 radical (unpaired) electrons. The molecule has 0 saturated carbocycles. The van der Waals surface area contributed by atoms with Crippen molar-refractivity contribution in [1.29, 1.82) is 0 Å². The van der Waals surface area contributed by atoms with E-state index in [9.17, 15) is 9.59 Å². The SMILES string of the molecule is CC(=O)Oc1ccccc1-c1nc(-c2ccccc2OC(C)=O)n(-c2ccccc2)n1. The van der Waals surface area contributed by atoms with Crippen molar-refractivity contribution in [2.75, 3.05) is 0 Å². The van der Waals surface area contributed by atoms with Gasteiger partial charge >= 0.3 is 11.9 Å². The molecule has 1 heterocycles. The monoisotopic (exact) mass is 413 g/mol. The molecule has 0 amide bonds. The summed E-state index contributed by atoms with van der Waals surface area (Å²) in [6.45, 7) is 2.69. The van der Waals surface area contributed by atoms with Crippen LogP contribution >= 0.6 is 0 Å². The van der Waals surface area contributed by atoms with Crippen molar-refractivity contribution in [3.05, 3.63) is 78.9 Å². The molecule has 7 heteroatoms. The maximum absolute atomic E-state index is 11.6. The smallest absolute Gasteiger partial charge is 0.308 e. The van der Waals surface area contributed by atoms with Crippen molar-refractivity contribution in [2.24, 2.45) is 0 Å². The molecular weight excluding hydrogens is 394 g/mol. The van der Waals surface area contributed by atoms with Crippen LogP contribution in [0.1, 0.15) is 13.8 Å². The lowest BCUT2D eigenvalue weighted by Crippen LogP contribution is -2.05. The predicted octanol–water partition coefficient (Wildman–Crippen LogP) is 4.45. The van der Waals surface area contributed by atoms with E-state index in [0.29, 0.717) is 34.3 Å². The Hall–Kier alpha value is -4.26. The average Bonchev–Trinajstić information content (AvgIpc) is 3.19. The van der Waals surface area contributed by atoms with Gasteiger partial charge in [0.15, 0.2) is 11.6 Å². The van der Waals surface area contributed by atoms with Gasteiger partial charge in [0.25, 0.3) is 0 Å². The van der Waals surface area contributed by atoms with Crippen molar-refractivity contribution < 1.29 is 19.1 Å². The third-order valence-corrected chi connectivity index (χ3v) is 4.37. The van der Waals surface area contributed by atoms with Crippen LogP contribution in [-0.2, 0) is 9.59 Å². The third-order valence-electron chi connectivity index (χ3n) is 4.37. The molecule has 4 rings (SSSR count). The third kappa shape index (κ3) is 4.35. The summed E-state index contributed by atoms with van der Waals surface area (Å²) in [5.41, 5.74) is 1.95. The van der Waals surface area contributed by atoms with Crippen LogP contribution in [0.3, 0.4) is 0 Å². The first kappa shape index (κ1) is 20.0. The number of carbonyl (C=O) groups is 2. The van der Waals surface area contributed by atoms with Gasteiger partial charge in [0.2, 0.25) is 0 Å². The minimum Gasteiger partial charge on any atom is -0.426 e. The highest BCUT2D eigenvalue weighted by atomic mass is 16.5. The predicted molar refractivity (Wildman–Crippen MR) is 115 cm³/mol. The molecule has 0 spiro atoms. The lowest BCUT2D eigenvalue weighted by atomic mass is 10.1. The van der Waals surface area contributed by atoms with Gasteiger partial charge in [0.1, 0.15) is 11.5 Å². The van der Waals surface area contributed by atoms with E-state index in [0.717, 1.165) is 5.69 Å². The Kier molecular flexibility index (Phi) is 5.57. The molecule has 0 aliphatic heterocycles. The topological polar surface area (TPSA) is 83.3 Å². The number of benzene rings is 3. The minimum atomic E-state index is -0.435. The van der Waals surface area contributed by atoms with E-state index in [1.54, 1.807) is 35.0 Å². The lowest BCUT2D eigenvalue weighted by molar-refractivity contribution is -0.132. The van der Waals surface area contributed by atoms with Crippen LogP contribution < -0.4 is 9.47 Å². The molecule has 154 valence electrons. The Morgan fingerprint density at radius 1 is 0.710 bits per heavy atom. The van der Waals surface area contributed by atoms with E-state index >= 15 is 0 Å². The van der Waals surface area contributed by atoms with Crippen LogP contribution in [0.2, 0.25) is 0 Å². The van der Waals surface area contributed by atoms with Crippen molar-refractivity contribution in [3.8, 4) is 40.0 Å². The van der Waals surface area contributed by atoms with E-state index in [-0.39, 0.29) is 0 Å². The molecule has 31 heavy (non-hydrogen) atoms. The fourth-order valence-electron chi connectivity index (χ4n) is 3.14. The van der Waals surface area contributed by atoms with E-state index < -0.39 is 11.9 Å². The highest BCUT2D eigenvalue weighted by Gasteiger charge is 2.21. The van der Waals surface area contributed by atoms with Gasteiger partial charge in [-0.2, -0.15) is 0 Å². The van der Waals surface area contributed by atoms with Gasteiger partial charge in [-0.05, 0) is 36.4 Å². The quantitative estimate of drug-likeness (QED) is 0.355. The van der Waals surface area contributed by atoms with Gasteiger partial charge in [-0.1, -0.05) is 42.5 Å². The van der Waals surface area contributed by atoms with Crippen LogP contribution in [0.5, 0.6) is 11.5 Å². The van der Waals surface area contributed by atoms with Gasteiger partial charge < -0.3 is 9.47 Å². The number of hydrogen-bond acceptors (Lipinski definition) is 6. The molecule has 0 aliphatic rings. The van der Waals surface area contributed by atoms with Gasteiger partial charge in [-0.3, -0.25) is 9.59 Å². The highest BCUT2D eigenvalue weighted by Crippen LogP contribution is 2.34. The van der Waals surface area contributed by atoms with Gasteiger partial charge in [0, 0.05) is 13.8 Å². The first-order valence-corrected chi connectivity index (χ1v) is 9.61. The largest absolute Gasteiger partial charge is 0.426 e. The summed E-state index contributed by atoms with van der Waals surface area (Å²) in [7, 11) is 0. The molecule has 0 aliphatic carbocycles. The van der Waals surface area contributed by atoms with Crippen molar-refractivity contribution in [2.45, 2.75) is 13.8 Å². The zero-order valence-electron chi connectivity index (χ0n) is 17.0.